The summed E-state index contributed by atoms with van der Waals surface area (Å²) >= 11 is 0. The topological polar surface area (TPSA) is 57.4 Å². The van der Waals surface area contributed by atoms with Gasteiger partial charge in [0.05, 0.1) is 13.3 Å². The van der Waals surface area contributed by atoms with Gasteiger partial charge in [-0.15, -0.1) is 0 Å². The minimum Gasteiger partial charge on any atom is -0.495 e. The molecular weight excluding hydrogens is 204 g/mol. The number of hydrogen-bond donors (Lipinski definition) is 1. The second-order valence-corrected chi connectivity index (χ2v) is 4.09. The molecule has 4 nitrogen and oxygen atoms in total. The summed E-state index contributed by atoms with van der Waals surface area (Å²) in [6.07, 6.45) is 5.52. The number of ether oxygens (including phenoxy) is 2. The Hall–Kier alpha value is -1.13. The molecule has 1 atom stereocenters. The van der Waals surface area contributed by atoms with Crippen molar-refractivity contribution >= 4 is 0 Å². The van der Waals surface area contributed by atoms with Gasteiger partial charge in [-0.1, -0.05) is 0 Å². The first-order valence-corrected chi connectivity index (χ1v) is 5.64. The summed E-state index contributed by atoms with van der Waals surface area (Å²) in [4.78, 5) is 4.04. The van der Waals surface area contributed by atoms with E-state index in [4.69, 9.17) is 15.2 Å². The van der Waals surface area contributed by atoms with Gasteiger partial charge in [0.15, 0.2) is 0 Å². The molecule has 0 saturated carbocycles. The average Bonchev–Trinajstić information content (AvgIpc) is 2.39. The zero-order valence-electron chi connectivity index (χ0n) is 9.56. The smallest absolute Gasteiger partial charge is 0.141 e. The van der Waals surface area contributed by atoms with E-state index < -0.39 is 0 Å². The molecule has 16 heavy (non-hydrogen) atoms. The van der Waals surface area contributed by atoms with E-state index in [0.29, 0.717) is 5.92 Å². The Morgan fingerprint density at radius 2 is 2.25 bits per heavy atom. The molecule has 1 aliphatic rings. The summed E-state index contributed by atoms with van der Waals surface area (Å²) < 4.78 is 10.6. The number of pyridine rings is 1. The van der Waals surface area contributed by atoms with Crippen LogP contribution in [0.25, 0.3) is 0 Å². The van der Waals surface area contributed by atoms with Gasteiger partial charge in [-0.25, -0.2) is 0 Å². The predicted octanol–water partition coefficient (Wildman–Crippen LogP) is 1.52. The lowest BCUT2D eigenvalue weighted by Gasteiger charge is -2.28. The van der Waals surface area contributed by atoms with E-state index in [1.165, 1.54) is 0 Å². The molecule has 2 rings (SSSR count). The lowest BCUT2D eigenvalue weighted by molar-refractivity contribution is 0.0581. The van der Waals surface area contributed by atoms with E-state index in [1.54, 1.807) is 19.5 Å². The summed E-state index contributed by atoms with van der Waals surface area (Å²) in [6.45, 7) is 1.62. The van der Waals surface area contributed by atoms with Crippen molar-refractivity contribution in [3.05, 3.63) is 24.0 Å². The molecule has 0 aromatic carbocycles. The molecule has 0 aliphatic carbocycles. The van der Waals surface area contributed by atoms with Crippen LogP contribution in [0, 0.1) is 5.92 Å². The second kappa shape index (κ2) is 5.27. The third-order valence-corrected chi connectivity index (χ3v) is 3.17. The monoisotopic (exact) mass is 222 g/mol. The molecule has 2 heterocycles. The quantitative estimate of drug-likeness (QED) is 0.842. The van der Waals surface area contributed by atoms with Crippen molar-refractivity contribution in [1.82, 2.24) is 4.98 Å². The standard InChI is InChI=1S/C12H18N2O2/c1-15-11-8-14-5-2-10(11)12(13)9-3-6-16-7-4-9/h2,5,8-9,12H,3-4,6-7,13H2,1H3. The number of hydrogen-bond acceptors (Lipinski definition) is 4. The van der Waals surface area contributed by atoms with E-state index >= 15 is 0 Å². The first kappa shape index (κ1) is 11.4. The third kappa shape index (κ3) is 2.33. The van der Waals surface area contributed by atoms with Gasteiger partial charge in [-0.2, -0.15) is 0 Å². The normalized spacial score (nSPS) is 19.4. The van der Waals surface area contributed by atoms with Crippen LogP contribution in [0.3, 0.4) is 0 Å². The van der Waals surface area contributed by atoms with Gasteiger partial charge in [0, 0.05) is 31.0 Å². The Balaban J connectivity index is 2.15. The van der Waals surface area contributed by atoms with Gasteiger partial charge in [-0.05, 0) is 24.8 Å². The van der Waals surface area contributed by atoms with Crippen LogP contribution >= 0.6 is 0 Å². The van der Waals surface area contributed by atoms with E-state index in [0.717, 1.165) is 37.4 Å². The summed E-state index contributed by atoms with van der Waals surface area (Å²) in [7, 11) is 1.65. The van der Waals surface area contributed by atoms with Crippen LogP contribution in [0.1, 0.15) is 24.4 Å². The van der Waals surface area contributed by atoms with E-state index in [1.807, 2.05) is 6.07 Å². The summed E-state index contributed by atoms with van der Waals surface area (Å²) in [6, 6.07) is 1.96. The zero-order chi connectivity index (χ0) is 11.4. The van der Waals surface area contributed by atoms with Crippen LogP contribution in [-0.4, -0.2) is 25.3 Å². The minimum absolute atomic E-state index is 0.0156. The molecule has 4 heteroatoms. The highest BCUT2D eigenvalue weighted by molar-refractivity contribution is 5.33. The second-order valence-electron chi connectivity index (χ2n) is 4.09. The maximum atomic E-state index is 6.28. The van der Waals surface area contributed by atoms with Crippen molar-refractivity contribution in [1.29, 1.82) is 0 Å². The van der Waals surface area contributed by atoms with Crippen molar-refractivity contribution in [2.24, 2.45) is 11.7 Å². The van der Waals surface area contributed by atoms with Crippen LogP contribution in [0.15, 0.2) is 18.5 Å². The first-order valence-electron chi connectivity index (χ1n) is 5.64. The third-order valence-electron chi connectivity index (χ3n) is 3.17. The summed E-state index contributed by atoms with van der Waals surface area (Å²) in [5, 5.41) is 0. The molecule has 1 fully saturated rings. The molecule has 2 N–H and O–H groups in total. The molecule has 1 saturated heterocycles. The number of nitrogens with zero attached hydrogens (tertiary/aromatic N) is 1. The Bertz CT molecular complexity index is 338. The van der Waals surface area contributed by atoms with Gasteiger partial charge in [0.2, 0.25) is 0 Å². The molecule has 0 radical (unpaired) electrons. The van der Waals surface area contributed by atoms with E-state index in [2.05, 4.69) is 4.98 Å². The first-order chi connectivity index (χ1) is 7.83. The SMILES string of the molecule is COc1cnccc1C(N)C1CCOCC1. The highest BCUT2D eigenvalue weighted by atomic mass is 16.5. The highest BCUT2D eigenvalue weighted by Crippen LogP contribution is 2.32. The average molecular weight is 222 g/mol. The molecule has 0 bridgehead atoms. The molecule has 1 unspecified atom stereocenters. The minimum atomic E-state index is 0.0156. The zero-order valence-corrected chi connectivity index (χ0v) is 9.56. The molecular formula is C12H18N2O2. The van der Waals surface area contributed by atoms with Gasteiger partial charge in [0.25, 0.3) is 0 Å². The molecule has 1 aromatic rings. The molecule has 0 spiro atoms. The maximum Gasteiger partial charge on any atom is 0.141 e. The van der Waals surface area contributed by atoms with Crippen molar-refractivity contribution in [2.75, 3.05) is 20.3 Å². The van der Waals surface area contributed by atoms with Crippen molar-refractivity contribution in [3.8, 4) is 5.75 Å². The summed E-state index contributed by atoms with van der Waals surface area (Å²) in [5.41, 5.74) is 7.33. The van der Waals surface area contributed by atoms with Crippen molar-refractivity contribution in [3.63, 3.8) is 0 Å². The molecule has 0 amide bonds. The lowest BCUT2D eigenvalue weighted by atomic mass is 9.88. The van der Waals surface area contributed by atoms with E-state index in [9.17, 15) is 0 Å². The Morgan fingerprint density at radius 1 is 1.50 bits per heavy atom. The molecule has 1 aromatic heterocycles. The van der Waals surface area contributed by atoms with Gasteiger partial charge < -0.3 is 15.2 Å². The van der Waals surface area contributed by atoms with Crippen LogP contribution in [0.4, 0.5) is 0 Å². The Kier molecular flexibility index (Phi) is 3.74. The largest absolute Gasteiger partial charge is 0.495 e. The lowest BCUT2D eigenvalue weighted by Crippen LogP contribution is -2.27. The highest BCUT2D eigenvalue weighted by Gasteiger charge is 2.24. The number of nitrogens with two attached hydrogens (primary N) is 1. The fraction of sp³-hybridized carbons (Fsp3) is 0.583. The van der Waals surface area contributed by atoms with Crippen molar-refractivity contribution < 1.29 is 9.47 Å². The van der Waals surface area contributed by atoms with Crippen LogP contribution in [-0.2, 0) is 4.74 Å². The Labute approximate surface area is 95.8 Å². The van der Waals surface area contributed by atoms with Gasteiger partial charge >= 0.3 is 0 Å². The fourth-order valence-corrected chi connectivity index (χ4v) is 2.17. The molecule has 88 valence electrons. The van der Waals surface area contributed by atoms with Crippen LogP contribution < -0.4 is 10.5 Å². The van der Waals surface area contributed by atoms with Gasteiger partial charge in [0.1, 0.15) is 5.75 Å². The van der Waals surface area contributed by atoms with Crippen LogP contribution in [0.5, 0.6) is 5.75 Å². The predicted molar refractivity (Wildman–Crippen MR) is 61.3 cm³/mol. The summed E-state index contributed by atoms with van der Waals surface area (Å²) in [5.74, 6) is 1.26. The Morgan fingerprint density at radius 3 is 2.94 bits per heavy atom. The number of aromatic nitrogens is 1. The van der Waals surface area contributed by atoms with E-state index in [-0.39, 0.29) is 6.04 Å². The van der Waals surface area contributed by atoms with Crippen LogP contribution in [0.2, 0.25) is 0 Å². The fourth-order valence-electron chi connectivity index (χ4n) is 2.17. The van der Waals surface area contributed by atoms with Gasteiger partial charge in [-0.3, -0.25) is 4.98 Å². The molecule has 1 aliphatic heterocycles. The maximum absolute atomic E-state index is 6.28. The number of rotatable bonds is 3. The van der Waals surface area contributed by atoms with Crippen molar-refractivity contribution in [2.45, 2.75) is 18.9 Å². The number of methoxy groups -OCH3 is 1.